The number of likely N-dealkylation sites (tertiary alicyclic amines) is 1. The Labute approximate surface area is 387 Å². The van der Waals surface area contributed by atoms with Gasteiger partial charge in [-0.05, 0) is 111 Å². The summed E-state index contributed by atoms with van der Waals surface area (Å²) in [5, 5.41) is 0. The molecule has 1 N–H and O–H groups in total. The van der Waals surface area contributed by atoms with Gasteiger partial charge in [0.05, 0.1) is 17.1 Å². The van der Waals surface area contributed by atoms with E-state index in [4.69, 9.17) is 19.2 Å². The summed E-state index contributed by atoms with van der Waals surface area (Å²) in [5.74, 6) is -2.26. The first-order valence-corrected chi connectivity index (χ1v) is 23.0. The van der Waals surface area contributed by atoms with Gasteiger partial charge in [0, 0.05) is 78.9 Å². The number of halogens is 4. The smallest absolute Gasteiger partial charge is 0.414 e. The van der Waals surface area contributed by atoms with E-state index in [0.29, 0.717) is 68.9 Å². The summed E-state index contributed by atoms with van der Waals surface area (Å²) in [6, 6.07) is 13.5. The average Bonchev–Trinajstić information content (AvgIpc) is 3.75. The van der Waals surface area contributed by atoms with Gasteiger partial charge in [0.1, 0.15) is 41.1 Å². The molecule has 1 aromatic heterocycles. The number of aromatic amines is 1. The highest BCUT2D eigenvalue weighted by molar-refractivity contribution is 5.93. The minimum Gasteiger partial charge on any atom is -0.445 e. The van der Waals surface area contributed by atoms with Crippen LogP contribution >= 0.6 is 0 Å². The highest BCUT2D eigenvalue weighted by Gasteiger charge is 2.51. The number of anilines is 3. The van der Waals surface area contributed by atoms with Crippen LogP contribution < -0.4 is 20.3 Å². The van der Waals surface area contributed by atoms with Crippen molar-refractivity contribution in [2.45, 2.75) is 122 Å². The quantitative estimate of drug-likeness (QED) is 0.157. The number of aryl methyl sites for hydroxylation is 1. The molecular weight excluding hydrogens is 873 g/mol. The molecule has 17 heteroatoms. The number of hydrogen-bond donors (Lipinski definition) is 1. The van der Waals surface area contributed by atoms with Gasteiger partial charge in [0.15, 0.2) is 0 Å². The van der Waals surface area contributed by atoms with Gasteiger partial charge in [-0.15, -0.1) is 0 Å². The number of hydrogen-bond acceptors (Lipinski definition) is 9. The third-order valence-corrected chi connectivity index (χ3v) is 13.2. The molecule has 5 heterocycles. The van der Waals surface area contributed by atoms with Crippen LogP contribution in [0.3, 0.4) is 0 Å². The maximum absolute atomic E-state index is 15.1. The van der Waals surface area contributed by atoms with Crippen LogP contribution in [-0.4, -0.2) is 83.6 Å². The number of H-pyrrole nitrogens is 1. The van der Waals surface area contributed by atoms with Gasteiger partial charge in [-0.3, -0.25) is 19.6 Å². The Balaban J connectivity index is 0.000000182. The van der Waals surface area contributed by atoms with Gasteiger partial charge in [-0.2, -0.15) is 0 Å². The van der Waals surface area contributed by atoms with Crippen LogP contribution in [-0.2, 0) is 44.5 Å². The fraction of sp³-hybridized carbons (Fsp3) is 0.500. The number of carbonyl (C=O) groups excluding carboxylic acids is 3. The molecule has 1 aliphatic carbocycles. The van der Waals surface area contributed by atoms with Crippen molar-refractivity contribution in [2.24, 2.45) is 0 Å². The minimum atomic E-state index is -0.751. The van der Waals surface area contributed by atoms with Gasteiger partial charge < -0.3 is 24.0 Å². The lowest BCUT2D eigenvalue weighted by molar-refractivity contribution is 0.0557. The monoisotopic (exact) mass is 930 g/mol. The summed E-state index contributed by atoms with van der Waals surface area (Å²) in [7, 11) is 0. The van der Waals surface area contributed by atoms with Crippen LogP contribution in [0.1, 0.15) is 108 Å². The zero-order valence-corrected chi connectivity index (χ0v) is 38.9. The molecule has 3 amide bonds. The molecular formula is C50H58F4N6O7. The molecule has 9 rings (SSSR count). The Morgan fingerprint density at radius 1 is 0.687 bits per heavy atom. The summed E-state index contributed by atoms with van der Waals surface area (Å²) in [4.78, 5) is 64.8. The van der Waals surface area contributed by atoms with Crippen molar-refractivity contribution in [3.05, 3.63) is 116 Å². The van der Waals surface area contributed by atoms with Gasteiger partial charge in [-0.25, -0.2) is 36.9 Å². The molecule has 4 aliphatic heterocycles. The maximum Gasteiger partial charge on any atom is 0.414 e. The number of amides is 3. The van der Waals surface area contributed by atoms with Gasteiger partial charge in [0.2, 0.25) is 5.95 Å². The van der Waals surface area contributed by atoms with Crippen molar-refractivity contribution in [1.82, 2.24) is 14.9 Å². The molecule has 358 valence electrons. The first-order chi connectivity index (χ1) is 31.6. The lowest BCUT2D eigenvalue weighted by atomic mass is 9.74. The number of aromatic nitrogens is 2. The van der Waals surface area contributed by atoms with Gasteiger partial charge >= 0.3 is 18.3 Å². The van der Waals surface area contributed by atoms with Crippen molar-refractivity contribution < 1.29 is 46.2 Å². The van der Waals surface area contributed by atoms with E-state index in [1.54, 1.807) is 46.4 Å². The third-order valence-electron chi connectivity index (χ3n) is 13.2. The van der Waals surface area contributed by atoms with E-state index in [1.807, 2.05) is 35.2 Å². The van der Waals surface area contributed by atoms with Crippen molar-refractivity contribution in [3.8, 4) is 0 Å². The highest BCUT2D eigenvalue weighted by atomic mass is 19.1. The fourth-order valence-electron chi connectivity index (χ4n) is 10.1. The van der Waals surface area contributed by atoms with Gasteiger partial charge in [0.25, 0.3) is 5.56 Å². The Morgan fingerprint density at radius 2 is 1.18 bits per heavy atom. The van der Waals surface area contributed by atoms with Crippen LogP contribution in [0.25, 0.3) is 0 Å². The second-order valence-corrected chi connectivity index (χ2v) is 20.3. The summed E-state index contributed by atoms with van der Waals surface area (Å²) in [6.45, 7) is 12.8. The molecule has 0 unspecified atom stereocenters. The second kappa shape index (κ2) is 18.2. The van der Waals surface area contributed by atoms with E-state index in [-0.39, 0.29) is 36.6 Å². The first kappa shape index (κ1) is 47.4. The van der Waals surface area contributed by atoms with Crippen LogP contribution in [0.2, 0.25) is 0 Å². The van der Waals surface area contributed by atoms with E-state index in [0.717, 1.165) is 54.6 Å². The number of piperidine rings is 2. The normalized spacial score (nSPS) is 18.2. The van der Waals surface area contributed by atoms with Crippen molar-refractivity contribution in [1.29, 1.82) is 0 Å². The lowest BCUT2D eigenvalue weighted by Crippen LogP contribution is -2.48. The predicted molar refractivity (Wildman–Crippen MR) is 244 cm³/mol. The summed E-state index contributed by atoms with van der Waals surface area (Å²) in [5.41, 5.74) is 0.719. The Kier molecular flexibility index (Phi) is 12.8. The fourth-order valence-corrected chi connectivity index (χ4v) is 10.1. The SMILES string of the molecule is CC(C)(C)OC(=O)N1CC2(CCN(C(=O)OCc3ccccc3)CC2)c2c(F)cc(F)cc21.CC(C)(C)OC(=O)N1CC2(CCN(c3nc4c(c(=O)[nH]3)CCCC4)CC2)c2c(F)cc(F)cc21. The summed E-state index contributed by atoms with van der Waals surface area (Å²) >= 11 is 0. The molecule has 0 bridgehead atoms. The van der Waals surface area contributed by atoms with Crippen LogP contribution in [0.5, 0.6) is 0 Å². The standard InChI is InChI=1S/C25H30F2N4O3.C25H28F2N2O4/c1-24(2,3)34-23(33)31-14-25(20-17(27)12-15(26)13-19(20)31)8-10-30(11-9-25)22-28-18-7-5-4-6-16(18)21(32)29-22;1-24(2,3)33-23(31)29-16-25(21-19(27)13-18(26)14-20(21)29)9-11-28(12-10-25)22(30)32-15-17-7-5-4-6-8-17/h12-13H,4-11,14H2,1-3H3,(H,28,29,32);4-8,13-14H,9-12,15-16H2,1-3H3. The molecule has 2 saturated heterocycles. The van der Waals surface area contributed by atoms with E-state index in [9.17, 15) is 32.3 Å². The minimum absolute atomic E-state index is 0.0798. The Bertz CT molecular complexity index is 2600. The Hall–Kier alpha value is -6.13. The Morgan fingerprint density at radius 3 is 1.69 bits per heavy atom. The molecule has 3 aromatic carbocycles. The largest absolute Gasteiger partial charge is 0.445 e. The van der Waals surface area contributed by atoms with Crippen LogP contribution in [0.4, 0.5) is 49.3 Å². The molecule has 0 atom stereocenters. The van der Waals surface area contributed by atoms with E-state index < -0.39 is 63.6 Å². The summed E-state index contributed by atoms with van der Waals surface area (Å²) < 4.78 is 74.8. The highest BCUT2D eigenvalue weighted by Crippen LogP contribution is 2.51. The van der Waals surface area contributed by atoms with Crippen LogP contribution in [0, 0.1) is 23.3 Å². The number of nitrogens with one attached hydrogen (secondary N) is 1. The third kappa shape index (κ3) is 9.96. The molecule has 13 nitrogen and oxygen atoms in total. The van der Waals surface area contributed by atoms with Crippen molar-refractivity contribution in [2.75, 3.05) is 54.0 Å². The number of benzene rings is 3. The molecule has 2 fully saturated rings. The zero-order valence-electron chi connectivity index (χ0n) is 38.9. The predicted octanol–water partition coefficient (Wildman–Crippen LogP) is 9.61. The van der Waals surface area contributed by atoms with E-state index in [2.05, 4.69) is 4.98 Å². The molecule has 67 heavy (non-hydrogen) atoms. The number of rotatable bonds is 3. The lowest BCUT2D eigenvalue weighted by Gasteiger charge is -2.40. The maximum atomic E-state index is 15.1. The number of fused-ring (bicyclic) bond motifs is 5. The van der Waals surface area contributed by atoms with Crippen LogP contribution in [0.15, 0.2) is 59.4 Å². The molecule has 2 spiro atoms. The molecule has 4 aromatic rings. The zero-order chi connectivity index (χ0) is 48.1. The molecule has 5 aliphatic rings. The van der Waals surface area contributed by atoms with Gasteiger partial charge in [-0.1, -0.05) is 30.3 Å². The van der Waals surface area contributed by atoms with Crippen molar-refractivity contribution >= 4 is 35.6 Å². The topological polar surface area (TPSA) is 138 Å². The first-order valence-electron chi connectivity index (χ1n) is 23.0. The molecule has 0 radical (unpaired) electrons. The summed E-state index contributed by atoms with van der Waals surface area (Å²) in [6.07, 6.45) is 3.80. The number of carbonyl (C=O) groups is 3. The van der Waals surface area contributed by atoms with E-state index >= 15 is 4.39 Å². The number of nitrogens with zero attached hydrogens (tertiary/aromatic N) is 5. The average molecular weight is 931 g/mol. The molecule has 0 saturated carbocycles. The second-order valence-electron chi connectivity index (χ2n) is 20.3. The van der Waals surface area contributed by atoms with Crippen molar-refractivity contribution in [3.63, 3.8) is 0 Å². The number of ether oxygens (including phenoxy) is 3. The van der Waals surface area contributed by atoms with E-state index in [1.165, 1.54) is 21.9 Å².